The number of fused-ring (bicyclic) bond motifs is 3. The monoisotopic (exact) mass is 543 g/mol. The molecule has 7 heteroatoms. The lowest BCUT2D eigenvalue weighted by molar-refractivity contribution is 0.339. The van der Waals surface area contributed by atoms with Crippen LogP contribution in [0.25, 0.3) is 56.3 Å². The summed E-state index contributed by atoms with van der Waals surface area (Å²) in [5.41, 5.74) is 6.17. The lowest BCUT2D eigenvalue weighted by Gasteiger charge is -2.19. The van der Waals surface area contributed by atoms with Crippen LogP contribution in [0.2, 0.25) is 0 Å². The summed E-state index contributed by atoms with van der Waals surface area (Å²) in [6.45, 7) is 0. The first-order valence-corrected chi connectivity index (χ1v) is 13.5. The maximum absolute atomic E-state index is 6.16. The third-order valence-corrected chi connectivity index (χ3v) is 7.02. The van der Waals surface area contributed by atoms with Crippen LogP contribution in [0.1, 0.15) is 0 Å². The summed E-state index contributed by atoms with van der Waals surface area (Å²) < 4.78 is 12.2. The average molecular weight is 544 g/mol. The summed E-state index contributed by atoms with van der Waals surface area (Å²) in [5.74, 6) is 3.71. The largest absolute Gasteiger partial charge is 0.431 e. The maximum Gasteiger partial charge on any atom is 0.284 e. The number of ether oxygens (including phenoxy) is 2. The predicted molar refractivity (Wildman–Crippen MR) is 161 cm³/mol. The maximum atomic E-state index is 6.16. The molecule has 8 rings (SSSR count). The summed E-state index contributed by atoms with van der Waals surface area (Å²) in [6, 6.07) is 41.5. The molecule has 0 N–H and O–H groups in total. The van der Waals surface area contributed by atoms with Crippen molar-refractivity contribution < 1.29 is 9.47 Å². The van der Waals surface area contributed by atoms with Crippen LogP contribution in [0.15, 0.2) is 127 Å². The van der Waals surface area contributed by atoms with Gasteiger partial charge in [-0.15, -0.1) is 0 Å². The second kappa shape index (κ2) is 9.91. The third kappa shape index (κ3) is 4.39. The molecule has 0 unspecified atom stereocenters. The molecule has 3 heterocycles. The van der Waals surface area contributed by atoms with Crippen LogP contribution in [0.4, 0.5) is 0 Å². The van der Waals surface area contributed by atoms with Gasteiger partial charge < -0.3 is 9.47 Å². The molecule has 0 radical (unpaired) electrons. The van der Waals surface area contributed by atoms with E-state index in [4.69, 9.17) is 24.4 Å². The first kappa shape index (κ1) is 23.9. The predicted octanol–water partition coefficient (Wildman–Crippen LogP) is 8.38. The van der Waals surface area contributed by atoms with Crippen molar-refractivity contribution in [2.45, 2.75) is 0 Å². The highest BCUT2D eigenvalue weighted by molar-refractivity contribution is 5.77. The van der Waals surface area contributed by atoms with E-state index in [0.29, 0.717) is 40.7 Å². The molecule has 7 nitrogen and oxygen atoms in total. The molecule has 7 aromatic rings. The Bertz CT molecular complexity index is 2040. The fraction of sp³-hybridized carbons (Fsp3) is 0. The van der Waals surface area contributed by atoms with E-state index >= 15 is 0 Å². The van der Waals surface area contributed by atoms with Gasteiger partial charge in [0.1, 0.15) is 0 Å². The number of benzene rings is 5. The molecular weight excluding hydrogens is 522 g/mol. The highest BCUT2D eigenvalue weighted by Gasteiger charge is 2.23. The summed E-state index contributed by atoms with van der Waals surface area (Å²) in [6.07, 6.45) is 0. The summed E-state index contributed by atoms with van der Waals surface area (Å²) in [5, 5.41) is 0. The van der Waals surface area contributed by atoms with E-state index in [1.807, 2.05) is 121 Å². The van der Waals surface area contributed by atoms with Crippen molar-refractivity contribution in [3.05, 3.63) is 127 Å². The number of nitrogens with zero attached hydrogens (tertiary/aromatic N) is 5. The molecule has 0 fully saturated rings. The van der Waals surface area contributed by atoms with Crippen LogP contribution >= 0.6 is 0 Å². The molecule has 0 bridgehead atoms. The Hall–Kier alpha value is -5.95. The molecule has 0 amide bonds. The van der Waals surface area contributed by atoms with Gasteiger partial charge in [0.2, 0.25) is 0 Å². The van der Waals surface area contributed by atoms with Gasteiger partial charge in [-0.25, -0.2) is 24.9 Å². The Morgan fingerprint density at radius 1 is 0.333 bits per heavy atom. The number of hydrogen-bond donors (Lipinski definition) is 0. The number of rotatable bonds is 4. The Morgan fingerprint density at radius 2 is 0.810 bits per heavy atom. The van der Waals surface area contributed by atoms with Crippen LogP contribution in [-0.2, 0) is 0 Å². The van der Waals surface area contributed by atoms with Crippen molar-refractivity contribution in [3.8, 4) is 68.5 Å². The van der Waals surface area contributed by atoms with Gasteiger partial charge >= 0.3 is 0 Å². The van der Waals surface area contributed by atoms with Crippen LogP contribution in [0.3, 0.4) is 0 Å². The summed E-state index contributed by atoms with van der Waals surface area (Å²) in [4.78, 5) is 23.7. The lowest BCUT2D eigenvalue weighted by Crippen LogP contribution is -2.03. The van der Waals surface area contributed by atoms with Gasteiger partial charge in [-0.1, -0.05) is 97.1 Å². The Kier molecular flexibility index (Phi) is 5.64. The molecule has 0 atom stereocenters. The molecule has 0 spiro atoms. The molecule has 0 saturated heterocycles. The van der Waals surface area contributed by atoms with E-state index in [-0.39, 0.29) is 0 Å². The summed E-state index contributed by atoms with van der Waals surface area (Å²) >= 11 is 0. The SMILES string of the molecule is c1ccc(-c2nc(-c3ccccc3)nc(-c3cccc(-c4ccc5c(c4)Oc4nc6ccccc6nc4O5)c3)n2)cc1. The Morgan fingerprint density at radius 3 is 1.43 bits per heavy atom. The van der Waals surface area contributed by atoms with Gasteiger partial charge in [-0.3, -0.25) is 0 Å². The van der Waals surface area contributed by atoms with Gasteiger partial charge in [-0.05, 0) is 41.5 Å². The van der Waals surface area contributed by atoms with Crippen molar-refractivity contribution in [1.82, 2.24) is 24.9 Å². The van der Waals surface area contributed by atoms with Crippen LogP contribution in [0, 0.1) is 0 Å². The first-order chi connectivity index (χ1) is 20.8. The van der Waals surface area contributed by atoms with Crippen molar-refractivity contribution in [3.63, 3.8) is 0 Å². The quantitative estimate of drug-likeness (QED) is 0.220. The fourth-order valence-electron chi connectivity index (χ4n) is 4.94. The molecule has 0 saturated carbocycles. The van der Waals surface area contributed by atoms with Crippen LogP contribution in [-0.4, -0.2) is 24.9 Å². The highest BCUT2D eigenvalue weighted by Crippen LogP contribution is 2.45. The van der Waals surface area contributed by atoms with E-state index in [9.17, 15) is 0 Å². The number of hydrogen-bond acceptors (Lipinski definition) is 7. The third-order valence-electron chi connectivity index (χ3n) is 7.02. The van der Waals surface area contributed by atoms with Gasteiger partial charge in [0.25, 0.3) is 11.8 Å². The number of aromatic nitrogens is 5. The zero-order chi connectivity index (χ0) is 27.9. The number of para-hydroxylation sites is 2. The zero-order valence-electron chi connectivity index (χ0n) is 22.2. The normalized spacial score (nSPS) is 11.7. The van der Waals surface area contributed by atoms with Gasteiger partial charge in [-0.2, -0.15) is 0 Å². The topological polar surface area (TPSA) is 82.9 Å². The van der Waals surface area contributed by atoms with E-state index in [1.165, 1.54) is 0 Å². The van der Waals surface area contributed by atoms with Gasteiger partial charge in [0.15, 0.2) is 29.0 Å². The van der Waals surface area contributed by atoms with E-state index < -0.39 is 0 Å². The Balaban J connectivity index is 1.18. The first-order valence-electron chi connectivity index (χ1n) is 13.5. The highest BCUT2D eigenvalue weighted by atomic mass is 16.6. The van der Waals surface area contributed by atoms with E-state index in [1.54, 1.807) is 0 Å². The molecule has 0 aliphatic carbocycles. The minimum atomic E-state index is 0.346. The molecule has 1 aliphatic rings. The second-order valence-corrected chi connectivity index (χ2v) is 9.81. The van der Waals surface area contributed by atoms with Crippen LogP contribution in [0.5, 0.6) is 23.3 Å². The fourth-order valence-corrected chi connectivity index (χ4v) is 4.94. The van der Waals surface area contributed by atoms with Crippen molar-refractivity contribution >= 4 is 11.0 Å². The van der Waals surface area contributed by atoms with Crippen LogP contribution < -0.4 is 9.47 Å². The smallest absolute Gasteiger partial charge is 0.284 e. The average Bonchev–Trinajstić information content (AvgIpc) is 3.07. The van der Waals surface area contributed by atoms with Gasteiger partial charge in [0.05, 0.1) is 11.0 Å². The zero-order valence-corrected chi connectivity index (χ0v) is 22.2. The molecule has 42 heavy (non-hydrogen) atoms. The Labute approximate surface area is 241 Å². The van der Waals surface area contributed by atoms with Gasteiger partial charge in [0, 0.05) is 16.7 Å². The minimum Gasteiger partial charge on any atom is -0.431 e. The molecule has 5 aromatic carbocycles. The van der Waals surface area contributed by atoms with E-state index in [0.717, 1.165) is 38.9 Å². The molecular formula is C35H21N5O2. The van der Waals surface area contributed by atoms with Crippen molar-refractivity contribution in [2.24, 2.45) is 0 Å². The molecule has 198 valence electrons. The minimum absolute atomic E-state index is 0.346. The molecule has 1 aliphatic heterocycles. The van der Waals surface area contributed by atoms with Crippen molar-refractivity contribution in [1.29, 1.82) is 0 Å². The molecule has 2 aromatic heterocycles. The van der Waals surface area contributed by atoms with Crippen molar-refractivity contribution in [2.75, 3.05) is 0 Å². The van der Waals surface area contributed by atoms with E-state index in [2.05, 4.69) is 16.0 Å². The summed E-state index contributed by atoms with van der Waals surface area (Å²) in [7, 11) is 0. The standard InChI is InChI=1S/C35H21N5O2/c1-3-10-22(11-4-1)31-38-32(23-12-5-2-6-13-23)40-33(39-31)26-15-9-14-24(20-26)25-18-19-29-30(21-25)42-35-34(41-29)36-27-16-7-8-17-28(27)37-35/h1-21H. The lowest BCUT2D eigenvalue weighted by atomic mass is 10.0. The second-order valence-electron chi connectivity index (χ2n) is 9.81.